The first kappa shape index (κ1) is 25.1. The van der Waals surface area contributed by atoms with Crippen molar-refractivity contribution in [3.63, 3.8) is 0 Å². The second kappa shape index (κ2) is 9.92. The van der Waals surface area contributed by atoms with Gasteiger partial charge in [-0.2, -0.15) is 0 Å². The SMILES string of the molecule is CCc1ccc(-c2ccc([C@@]3(CC(=O)NO)CCN(C(=O)c4cc(C)on4)CCS3(=O)=O)s2)cc1. The molecule has 1 fully saturated rings. The van der Waals surface area contributed by atoms with Crippen LogP contribution in [0.15, 0.2) is 47.0 Å². The van der Waals surface area contributed by atoms with Gasteiger partial charge in [0.1, 0.15) is 10.5 Å². The van der Waals surface area contributed by atoms with Gasteiger partial charge < -0.3 is 9.42 Å². The zero-order chi connectivity index (χ0) is 25.2. The van der Waals surface area contributed by atoms with Crippen LogP contribution in [-0.4, -0.2) is 54.3 Å². The van der Waals surface area contributed by atoms with Gasteiger partial charge in [-0.25, -0.2) is 13.9 Å². The lowest BCUT2D eigenvalue weighted by Gasteiger charge is -2.30. The summed E-state index contributed by atoms with van der Waals surface area (Å²) in [5.74, 6) is -1.08. The van der Waals surface area contributed by atoms with E-state index in [-0.39, 0.29) is 31.0 Å². The zero-order valence-corrected chi connectivity index (χ0v) is 21.1. The number of carbonyl (C=O) groups is 2. The van der Waals surface area contributed by atoms with E-state index in [0.717, 1.165) is 16.9 Å². The van der Waals surface area contributed by atoms with E-state index in [1.165, 1.54) is 27.9 Å². The molecule has 1 aliphatic rings. The van der Waals surface area contributed by atoms with E-state index < -0.39 is 32.8 Å². The molecular formula is C24H27N3O6S2. The molecule has 2 N–H and O–H groups in total. The molecule has 0 saturated carbocycles. The van der Waals surface area contributed by atoms with Crippen LogP contribution < -0.4 is 5.48 Å². The molecular weight excluding hydrogens is 490 g/mol. The first-order valence-electron chi connectivity index (χ1n) is 11.3. The normalized spacial score (nSPS) is 19.8. The minimum Gasteiger partial charge on any atom is -0.361 e. The van der Waals surface area contributed by atoms with Crippen LogP contribution in [-0.2, 0) is 25.8 Å². The smallest absolute Gasteiger partial charge is 0.276 e. The first-order chi connectivity index (χ1) is 16.7. The third-order valence-corrected chi connectivity index (χ3v) is 10.4. The van der Waals surface area contributed by atoms with Gasteiger partial charge in [-0.3, -0.25) is 14.8 Å². The van der Waals surface area contributed by atoms with E-state index >= 15 is 0 Å². The van der Waals surface area contributed by atoms with E-state index in [4.69, 9.17) is 4.52 Å². The fourth-order valence-corrected chi connectivity index (χ4v) is 7.95. The van der Waals surface area contributed by atoms with Crippen molar-refractivity contribution in [1.29, 1.82) is 0 Å². The maximum absolute atomic E-state index is 13.7. The van der Waals surface area contributed by atoms with E-state index in [1.54, 1.807) is 18.5 Å². The molecule has 35 heavy (non-hydrogen) atoms. The molecule has 4 rings (SSSR count). The number of aromatic nitrogens is 1. The standard InChI is InChI=1S/C24H27N3O6S2/c1-3-17-4-6-18(7-5-17)20-8-9-21(34-20)24(15-22(28)25-30)10-11-27(12-13-35(24,31)32)23(29)19-14-16(2)33-26-19/h4-9,14,30H,3,10-13,15H2,1-2H3,(H,25,28)/t24-/m0/s1. The summed E-state index contributed by atoms with van der Waals surface area (Å²) in [4.78, 5) is 28.1. The molecule has 3 aromatic rings. The van der Waals surface area contributed by atoms with E-state index in [9.17, 15) is 23.2 Å². The molecule has 9 nitrogen and oxygen atoms in total. The fourth-order valence-electron chi connectivity index (χ4n) is 4.34. The Morgan fingerprint density at radius 3 is 2.57 bits per heavy atom. The summed E-state index contributed by atoms with van der Waals surface area (Å²) in [5, 5.41) is 13.0. The van der Waals surface area contributed by atoms with E-state index in [1.807, 2.05) is 30.3 Å². The number of aryl methyl sites for hydroxylation is 2. The largest absolute Gasteiger partial charge is 0.361 e. The van der Waals surface area contributed by atoms with Gasteiger partial charge in [-0.15, -0.1) is 11.3 Å². The number of hydrogen-bond donors (Lipinski definition) is 2. The van der Waals surface area contributed by atoms with Gasteiger partial charge in [0.15, 0.2) is 15.5 Å². The molecule has 0 radical (unpaired) electrons. The van der Waals surface area contributed by atoms with Gasteiger partial charge in [0.05, 0.1) is 12.2 Å². The second-order valence-electron chi connectivity index (χ2n) is 8.60. The van der Waals surface area contributed by atoms with E-state index in [2.05, 4.69) is 12.1 Å². The molecule has 0 aliphatic carbocycles. The Kier molecular flexibility index (Phi) is 7.11. The molecule has 3 heterocycles. The molecule has 1 atom stereocenters. The van der Waals surface area contributed by atoms with Crippen LogP contribution in [0, 0.1) is 6.92 Å². The summed E-state index contributed by atoms with van der Waals surface area (Å²) >= 11 is 1.31. The number of sulfone groups is 1. The van der Waals surface area contributed by atoms with Crippen molar-refractivity contribution in [2.24, 2.45) is 0 Å². The highest BCUT2D eigenvalue weighted by Crippen LogP contribution is 2.45. The minimum atomic E-state index is -3.90. The van der Waals surface area contributed by atoms with Gasteiger partial charge in [0.2, 0.25) is 5.91 Å². The van der Waals surface area contributed by atoms with Crippen LogP contribution in [0.5, 0.6) is 0 Å². The number of nitrogens with one attached hydrogen (secondary N) is 1. The highest BCUT2D eigenvalue weighted by molar-refractivity contribution is 7.92. The number of carbonyl (C=O) groups excluding carboxylic acids is 2. The fraction of sp³-hybridized carbons (Fsp3) is 0.375. The summed E-state index contributed by atoms with van der Waals surface area (Å²) < 4.78 is 30.8. The lowest BCUT2D eigenvalue weighted by atomic mass is 9.97. The molecule has 0 unspecified atom stereocenters. The quantitative estimate of drug-likeness (QED) is 0.379. The van der Waals surface area contributed by atoms with Crippen molar-refractivity contribution in [2.45, 2.75) is 37.9 Å². The summed E-state index contributed by atoms with van der Waals surface area (Å²) in [5.41, 5.74) is 3.83. The minimum absolute atomic E-state index is 0.0000524. The number of hydroxylamine groups is 1. The molecule has 0 spiro atoms. The number of nitrogens with zero attached hydrogens (tertiary/aromatic N) is 2. The number of thiophene rings is 1. The molecule has 1 saturated heterocycles. The van der Waals surface area contributed by atoms with Gasteiger partial charge in [0.25, 0.3) is 5.91 Å². The summed E-state index contributed by atoms with van der Waals surface area (Å²) in [6.07, 6.45) is 0.461. The molecule has 0 bridgehead atoms. The Hall–Kier alpha value is -3.02. The monoisotopic (exact) mass is 517 g/mol. The molecule has 186 valence electrons. The highest BCUT2D eigenvalue weighted by Gasteiger charge is 2.50. The van der Waals surface area contributed by atoms with Crippen LogP contribution >= 0.6 is 11.3 Å². The Morgan fingerprint density at radius 2 is 1.94 bits per heavy atom. The van der Waals surface area contributed by atoms with Crippen LogP contribution in [0.25, 0.3) is 10.4 Å². The molecule has 2 amide bonds. The predicted molar refractivity (Wildman–Crippen MR) is 131 cm³/mol. The van der Waals surface area contributed by atoms with Crippen molar-refractivity contribution < 1.29 is 27.7 Å². The van der Waals surface area contributed by atoms with Crippen molar-refractivity contribution >= 4 is 33.0 Å². The Morgan fingerprint density at radius 1 is 1.20 bits per heavy atom. The van der Waals surface area contributed by atoms with E-state index in [0.29, 0.717) is 10.6 Å². The van der Waals surface area contributed by atoms with Crippen molar-refractivity contribution in [3.8, 4) is 10.4 Å². The maximum atomic E-state index is 13.7. The zero-order valence-electron chi connectivity index (χ0n) is 19.5. The Bertz CT molecular complexity index is 1330. The summed E-state index contributed by atoms with van der Waals surface area (Å²) in [6.45, 7) is 3.80. The molecule has 1 aromatic carbocycles. The first-order valence-corrected chi connectivity index (χ1v) is 13.7. The van der Waals surface area contributed by atoms with Crippen molar-refractivity contribution in [3.05, 3.63) is 64.4 Å². The van der Waals surface area contributed by atoms with Gasteiger partial charge in [-0.05, 0) is 43.0 Å². The van der Waals surface area contributed by atoms with Crippen LogP contribution in [0.1, 0.15) is 46.5 Å². The van der Waals surface area contributed by atoms with Crippen molar-refractivity contribution in [2.75, 3.05) is 18.8 Å². The van der Waals surface area contributed by atoms with Crippen molar-refractivity contribution in [1.82, 2.24) is 15.5 Å². The lowest BCUT2D eigenvalue weighted by Crippen LogP contribution is -2.41. The maximum Gasteiger partial charge on any atom is 0.276 e. The molecule has 1 aliphatic heterocycles. The Labute approximate surface area is 207 Å². The number of amides is 2. The van der Waals surface area contributed by atoms with Gasteiger partial charge >= 0.3 is 0 Å². The Balaban J connectivity index is 1.71. The number of rotatable bonds is 6. The average Bonchev–Trinajstić information content (AvgIpc) is 3.49. The van der Waals surface area contributed by atoms with Gasteiger partial charge in [-0.1, -0.05) is 36.3 Å². The highest BCUT2D eigenvalue weighted by atomic mass is 32.2. The molecule has 11 heteroatoms. The van der Waals surface area contributed by atoms with Crippen LogP contribution in [0.2, 0.25) is 0 Å². The lowest BCUT2D eigenvalue weighted by molar-refractivity contribution is -0.129. The third-order valence-electron chi connectivity index (χ3n) is 6.42. The topological polar surface area (TPSA) is 130 Å². The average molecular weight is 518 g/mol. The number of benzene rings is 1. The summed E-state index contributed by atoms with van der Waals surface area (Å²) in [7, 11) is -3.90. The van der Waals surface area contributed by atoms with Crippen LogP contribution in [0.3, 0.4) is 0 Å². The third kappa shape index (κ3) is 4.89. The number of hydrogen-bond acceptors (Lipinski definition) is 8. The second-order valence-corrected chi connectivity index (χ2v) is 12.1. The van der Waals surface area contributed by atoms with Crippen LogP contribution in [0.4, 0.5) is 0 Å². The van der Waals surface area contributed by atoms with Gasteiger partial charge in [0, 0.05) is 28.9 Å². The predicted octanol–water partition coefficient (Wildman–Crippen LogP) is 3.33. The molecule has 2 aromatic heterocycles. The summed E-state index contributed by atoms with van der Waals surface area (Å²) in [6, 6.07) is 13.1.